The van der Waals surface area contributed by atoms with Gasteiger partial charge in [-0.05, 0) is 43.3 Å². The molecule has 2 aromatic rings. The van der Waals surface area contributed by atoms with Gasteiger partial charge in [0.1, 0.15) is 0 Å². The predicted molar refractivity (Wildman–Crippen MR) is 101 cm³/mol. The Morgan fingerprint density at radius 1 is 1.15 bits per heavy atom. The van der Waals surface area contributed by atoms with Crippen molar-refractivity contribution >= 4 is 23.0 Å². The summed E-state index contributed by atoms with van der Waals surface area (Å²) in [6, 6.07) is 12.2. The van der Waals surface area contributed by atoms with Crippen molar-refractivity contribution in [1.82, 2.24) is 0 Å². The molecule has 0 bridgehead atoms. The number of nitro benzene ring substituents is 1. The standard InChI is InChI=1S/C19H22N4O3/c1-14-13-15(3-8-18(14)23(25)26)19(24)20-16-4-6-17(7-5-16)22-11-9-21(2)10-12-22/h3-8,13H,9-12H2,1-2H3,(H,20,24)/p+1. The van der Waals surface area contributed by atoms with Crippen LogP contribution < -0.4 is 15.1 Å². The maximum Gasteiger partial charge on any atom is 0.272 e. The van der Waals surface area contributed by atoms with Gasteiger partial charge in [0, 0.05) is 28.6 Å². The normalized spacial score (nSPS) is 14.9. The topological polar surface area (TPSA) is 79.9 Å². The molecule has 2 aromatic carbocycles. The summed E-state index contributed by atoms with van der Waals surface area (Å²) in [5.74, 6) is -0.279. The van der Waals surface area contributed by atoms with Crippen LogP contribution in [0.1, 0.15) is 15.9 Å². The number of anilines is 2. The number of hydrogen-bond acceptors (Lipinski definition) is 4. The molecule has 1 aliphatic rings. The smallest absolute Gasteiger partial charge is 0.272 e. The van der Waals surface area contributed by atoms with Crippen molar-refractivity contribution in [1.29, 1.82) is 0 Å². The van der Waals surface area contributed by atoms with Gasteiger partial charge >= 0.3 is 0 Å². The lowest BCUT2D eigenvalue weighted by molar-refractivity contribution is -0.880. The number of amides is 1. The van der Waals surface area contributed by atoms with Gasteiger partial charge in [-0.25, -0.2) is 0 Å². The summed E-state index contributed by atoms with van der Waals surface area (Å²) in [7, 11) is 2.20. The van der Waals surface area contributed by atoms with Gasteiger partial charge in [-0.1, -0.05) is 0 Å². The average Bonchev–Trinajstić information content (AvgIpc) is 2.62. The molecule has 0 aromatic heterocycles. The minimum Gasteiger partial charge on any atom is -0.360 e. The molecule has 0 atom stereocenters. The SMILES string of the molecule is Cc1cc(C(=O)Nc2ccc(N3CC[NH+](C)CC3)cc2)ccc1[N+](=O)[O-]. The average molecular weight is 355 g/mol. The Morgan fingerprint density at radius 2 is 1.81 bits per heavy atom. The quantitative estimate of drug-likeness (QED) is 0.643. The number of quaternary nitrogens is 1. The van der Waals surface area contributed by atoms with Crippen LogP contribution in [0, 0.1) is 17.0 Å². The lowest BCUT2D eigenvalue weighted by Gasteiger charge is -2.31. The van der Waals surface area contributed by atoms with Crippen LogP contribution in [0.3, 0.4) is 0 Å². The largest absolute Gasteiger partial charge is 0.360 e. The molecule has 0 saturated carbocycles. The molecule has 1 fully saturated rings. The number of nitrogens with zero attached hydrogens (tertiary/aromatic N) is 2. The van der Waals surface area contributed by atoms with E-state index in [4.69, 9.17) is 0 Å². The van der Waals surface area contributed by atoms with Crippen molar-refractivity contribution in [3.63, 3.8) is 0 Å². The summed E-state index contributed by atoms with van der Waals surface area (Å²) in [4.78, 5) is 26.7. The zero-order chi connectivity index (χ0) is 18.7. The fraction of sp³-hybridized carbons (Fsp3) is 0.316. The Balaban J connectivity index is 1.66. The molecule has 136 valence electrons. The van der Waals surface area contributed by atoms with E-state index in [0.717, 1.165) is 31.9 Å². The van der Waals surface area contributed by atoms with E-state index in [1.165, 1.54) is 18.2 Å². The van der Waals surface area contributed by atoms with E-state index in [0.29, 0.717) is 16.8 Å². The molecule has 26 heavy (non-hydrogen) atoms. The van der Waals surface area contributed by atoms with E-state index in [1.807, 2.05) is 24.3 Å². The number of carbonyl (C=O) groups is 1. The number of aryl methyl sites for hydroxylation is 1. The van der Waals surface area contributed by atoms with E-state index in [2.05, 4.69) is 17.3 Å². The summed E-state index contributed by atoms with van der Waals surface area (Å²) >= 11 is 0. The van der Waals surface area contributed by atoms with E-state index in [9.17, 15) is 14.9 Å². The second-order valence-electron chi connectivity index (χ2n) is 6.70. The van der Waals surface area contributed by atoms with Crippen molar-refractivity contribution < 1.29 is 14.6 Å². The molecule has 0 aliphatic carbocycles. The number of rotatable bonds is 4. The number of likely N-dealkylation sites (N-methyl/N-ethyl adjacent to an activating group) is 1. The van der Waals surface area contributed by atoms with Crippen molar-refractivity contribution in [2.24, 2.45) is 0 Å². The number of benzene rings is 2. The van der Waals surface area contributed by atoms with Crippen LogP contribution in [0.15, 0.2) is 42.5 Å². The van der Waals surface area contributed by atoms with Gasteiger partial charge in [0.2, 0.25) is 0 Å². The monoisotopic (exact) mass is 355 g/mol. The minimum atomic E-state index is -0.449. The molecule has 1 aliphatic heterocycles. The zero-order valence-electron chi connectivity index (χ0n) is 15.0. The maximum absolute atomic E-state index is 12.4. The highest BCUT2D eigenvalue weighted by molar-refractivity contribution is 6.04. The van der Waals surface area contributed by atoms with E-state index in [-0.39, 0.29) is 11.6 Å². The van der Waals surface area contributed by atoms with E-state index >= 15 is 0 Å². The lowest BCUT2D eigenvalue weighted by Crippen LogP contribution is -3.12. The Morgan fingerprint density at radius 3 is 2.38 bits per heavy atom. The second kappa shape index (κ2) is 7.53. The molecule has 3 rings (SSSR count). The van der Waals surface area contributed by atoms with Crippen LogP contribution in [-0.4, -0.2) is 44.1 Å². The van der Waals surface area contributed by atoms with Crippen molar-refractivity contribution in [2.45, 2.75) is 6.92 Å². The number of carbonyl (C=O) groups excluding carboxylic acids is 1. The fourth-order valence-electron chi connectivity index (χ4n) is 3.11. The molecular weight excluding hydrogens is 332 g/mol. The zero-order valence-corrected chi connectivity index (χ0v) is 15.0. The Bertz CT molecular complexity index is 812. The van der Waals surface area contributed by atoms with Gasteiger partial charge < -0.3 is 15.1 Å². The molecule has 1 saturated heterocycles. The number of nitro groups is 1. The fourth-order valence-corrected chi connectivity index (χ4v) is 3.11. The van der Waals surface area contributed by atoms with Gasteiger partial charge in [0.25, 0.3) is 11.6 Å². The highest BCUT2D eigenvalue weighted by atomic mass is 16.6. The van der Waals surface area contributed by atoms with Gasteiger partial charge in [0.05, 0.1) is 38.2 Å². The lowest BCUT2D eigenvalue weighted by atomic mass is 10.1. The first kappa shape index (κ1) is 17.9. The highest BCUT2D eigenvalue weighted by Gasteiger charge is 2.17. The molecule has 0 radical (unpaired) electrons. The molecule has 0 spiro atoms. The van der Waals surface area contributed by atoms with E-state index < -0.39 is 4.92 Å². The van der Waals surface area contributed by atoms with Crippen molar-refractivity contribution in [3.8, 4) is 0 Å². The third kappa shape index (κ3) is 4.00. The summed E-state index contributed by atoms with van der Waals surface area (Å²) in [6.45, 7) is 5.93. The third-order valence-electron chi connectivity index (χ3n) is 4.76. The molecule has 1 heterocycles. The maximum atomic E-state index is 12.4. The van der Waals surface area contributed by atoms with Crippen LogP contribution in [0.2, 0.25) is 0 Å². The first-order valence-corrected chi connectivity index (χ1v) is 8.67. The highest BCUT2D eigenvalue weighted by Crippen LogP contribution is 2.21. The number of hydrogen-bond donors (Lipinski definition) is 2. The van der Waals surface area contributed by atoms with Crippen LogP contribution in [0.5, 0.6) is 0 Å². The summed E-state index contributed by atoms with van der Waals surface area (Å²) in [5, 5.41) is 13.7. The first-order valence-electron chi connectivity index (χ1n) is 8.67. The molecule has 7 heteroatoms. The Labute approximate surface area is 152 Å². The molecule has 2 N–H and O–H groups in total. The van der Waals surface area contributed by atoms with Gasteiger partial charge in [-0.2, -0.15) is 0 Å². The third-order valence-corrected chi connectivity index (χ3v) is 4.76. The molecule has 1 amide bonds. The van der Waals surface area contributed by atoms with Gasteiger partial charge in [-0.15, -0.1) is 0 Å². The summed E-state index contributed by atoms with van der Waals surface area (Å²) < 4.78 is 0. The summed E-state index contributed by atoms with van der Waals surface area (Å²) in [6.07, 6.45) is 0. The summed E-state index contributed by atoms with van der Waals surface area (Å²) in [5.41, 5.74) is 2.74. The number of piperazine rings is 1. The molecular formula is C19H23N4O3+. The van der Waals surface area contributed by atoms with E-state index in [1.54, 1.807) is 11.8 Å². The van der Waals surface area contributed by atoms with Gasteiger partial charge in [-0.3, -0.25) is 14.9 Å². The molecule has 7 nitrogen and oxygen atoms in total. The predicted octanol–water partition coefficient (Wildman–Crippen LogP) is 1.49. The van der Waals surface area contributed by atoms with Crippen LogP contribution in [0.25, 0.3) is 0 Å². The second-order valence-corrected chi connectivity index (χ2v) is 6.70. The number of nitrogens with one attached hydrogen (secondary N) is 2. The van der Waals surface area contributed by atoms with Gasteiger partial charge in [0.15, 0.2) is 0 Å². The van der Waals surface area contributed by atoms with Crippen LogP contribution in [-0.2, 0) is 0 Å². The molecule has 0 unspecified atom stereocenters. The minimum absolute atomic E-state index is 0.0138. The van der Waals surface area contributed by atoms with Crippen molar-refractivity contribution in [3.05, 3.63) is 63.7 Å². The van der Waals surface area contributed by atoms with Crippen molar-refractivity contribution in [2.75, 3.05) is 43.4 Å². The van der Waals surface area contributed by atoms with Crippen LogP contribution >= 0.6 is 0 Å². The Kier molecular flexibility index (Phi) is 5.18. The Hall–Kier alpha value is -2.93. The first-order chi connectivity index (χ1) is 12.4. The van der Waals surface area contributed by atoms with Crippen LogP contribution in [0.4, 0.5) is 17.1 Å².